The lowest BCUT2D eigenvalue weighted by molar-refractivity contribution is 0.106. The molecule has 0 atom stereocenters. The van der Waals surface area contributed by atoms with Crippen LogP contribution in [0.25, 0.3) is 5.69 Å². The highest BCUT2D eigenvalue weighted by molar-refractivity contribution is 6.51. The first-order valence-corrected chi connectivity index (χ1v) is 9.53. The maximum atomic E-state index is 12.8. The Bertz CT molecular complexity index is 1110. The van der Waals surface area contributed by atoms with Gasteiger partial charge in [-0.3, -0.25) is 4.79 Å². The van der Waals surface area contributed by atoms with Crippen LogP contribution in [0.4, 0.5) is 11.4 Å². The molecule has 0 bridgehead atoms. The van der Waals surface area contributed by atoms with Crippen LogP contribution in [0.15, 0.2) is 59.7 Å². The van der Waals surface area contributed by atoms with Crippen molar-refractivity contribution >= 4 is 22.9 Å². The summed E-state index contributed by atoms with van der Waals surface area (Å²) < 4.78 is 1.75. The number of aromatic nitrogens is 3. The number of ketones is 1. The van der Waals surface area contributed by atoms with Crippen molar-refractivity contribution in [3.8, 4) is 11.8 Å². The second-order valence-corrected chi connectivity index (χ2v) is 8.14. The van der Waals surface area contributed by atoms with Crippen molar-refractivity contribution in [2.45, 2.75) is 26.2 Å². The number of aliphatic imine (C=N–C) groups is 1. The predicted molar refractivity (Wildman–Crippen MR) is 118 cm³/mol. The van der Waals surface area contributed by atoms with Crippen LogP contribution >= 0.6 is 0 Å². The summed E-state index contributed by atoms with van der Waals surface area (Å²) in [6.45, 7) is 6.25. The average molecular weight is 400 g/mol. The predicted octanol–water partition coefficient (Wildman–Crippen LogP) is 4.11. The van der Waals surface area contributed by atoms with Gasteiger partial charge in [0.15, 0.2) is 5.71 Å². The van der Waals surface area contributed by atoms with Crippen LogP contribution in [0.2, 0.25) is 0 Å². The molecule has 0 fully saturated rings. The van der Waals surface area contributed by atoms with Crippen LogP contribution in [0.1, 0.15) is 36.8 Å². The highest BCUT2D eigenvalue weighted by Gasteiger charge is 2.21. The number of carbonyl (C=O) groups excluding carboxylic acids is 1. The average Bonchev–Trinajstić information content (AvgIpc) is 3.22. The van der Waals surface area contributed by atoms with Crippen LogP contribution < -0.4 is 4.90 Å². The molecule has 7 heteroatoms. The van der Waals surface area contributed by atoms with E-state index in [0.717, 1.165) is 17.1 Å². The number of anilines is 1. The summed E-state index contributed by atoms with van der Waals surface area (Å²) >= 11 is 0. The van der Waals surface area contributed by atoms with E-state index in [1.54, 1.807) is 47.3 Å². The first kappa shape index (κ1) is 20.9. The number of nitrogens with zero attached hydrogens (tertiary/aromatic N) is 6. The standard InChI is InChI=1S/C23H24N6O/c1-23(2,3)21-15-25-27-29(21)19-10-6-16(7-11-19)22(30)20(14-24)26-17-8-12-18(13-9-17)28(4)5/h6-13,15H,1-5H3. The zero-order valence-electron chi connectivity index (χ0n) is 17.8. The van der Waals surface area contributed by atoms with Crippen LogP contribution in [-0.2, 0) is 5.41 Å². The molecule has 0 radical (unpaired) electrons. The van der Waals surface area contributed by atoms with Crippen LogP contribution in [0.5, 0.6) is 0 Å². The molecule has 1 heterocycles. The smallest absolute Gasteiger partial charge is 0.222 e. The third-order valence-electron chi connectivity index (χ3n) is 4.62. The Kier molecular flexibility index (Phi) is 5.79. The topological polar surface area (TPSA) is 87.2 Å². The minimum absolute atomic E-state index is 0.124. The molecule has 0 aliphatic heterocycles. The van der Waals surface area contributed by atoms with Crippen LogP contribution in [0.3, 0.4) is 0 Å². The molecule has 30 heavy (non-hydrogen) atoms. The van der Waals surface area contributed by atoms with Crippen molar-refractivity contribution in [1.29, 1.82) is 5.26 Å². The van der Waals surface area contributed by atoms with Gasteiger partial charge >= 0.3 is 0 Å². The van der Waals surface area contributed by atoms with E-state index in [-0.39, 0.29) is 11.1 Å². The van der Waals surface area contributed by atoms with Crippen molar-refractivity contribution in [2.24, 2.45) is 4.99 Å². The SMILES string of the molecule is CN(C)c1ccc(N=C(C#N)C(=O)c2ccc(-n3nncc3C(C)(C)C)cc2)cc1. The second kappa shape index (κ2) is 8.29. The van der Waals surface area contributed by atoms with Gasteiger partial charge < -0.3 is 4.90 Å². The van der Waals surface area contributed by atoms with Gasteiger partial charge in [-0.05, 0) is 48.5 Å². The van der Waals surface area contributed by atoms with Crippen molar-refractivity contribution in [3.63, 3.8) is 0 Å². The zero-order chi connectivity index (χ0) is 21.9. The van der Waals surface area contributed by atoms with Crippen molar-refractivity contribution in [1.82, 2.24) is 15.0 Å². The Morgan fingerprint density at radius 3 is 2.23 bits per heavy atom. The molecule has 0 spiro atoms. The number of Topliss-reactive ketones (excluding diaryl/α,β-unsaturated/α-hetero) is 1. The molecule has 0 saturated heterocycles. The highest BCUT2D eigenvalue weighted by Crippen LogP contribution is 2.24. The van der Waals surface area contributed by atoms with E-state index in [1.807, 2.05) is 37.2 Å². The third kappa shape index (κ3) is 4.44. The number of carbonyl (C=O) groups is 1. The number of hydrogen-bond donors (Lipinski definition) is 0. The minimum atomic E-state index is -0.421. The molecule has 0 amide bonds. The number of benzene rings is 2. The van der Waals surface area contributed by atoms with Gasteiger partial charge in [0, 0.05) is 30.8 Å². The molecule has 0 saturated carbocycles. The Morgan fingerprint density at radius 1 is 1.07 bits per heavy atom. The molecule has 152 valence electrons. The molecule has 1 aromatic heterocycles. The molecule has 2 aromatic carbocycles. The molecule has 7 nitrogen and oxygen atoms in total. The highest BCUT2D eigenvalue weighted by atomic mass is 16.1. The van der Waals surface area contributed by atoms with Crippen LogP contribution in [-0.4, -0.2) is 40.6 Å². The lowest BCUT2D eigenvalue weighted by Crippen LogP contribution is -2.17. The van der Waals surface area contributed by atoms with E-state index < -0.39 is 5.78 Å². The maximum absolute atomic E-state index is 12.8. The largest absolute Gasteiger partial charge is 0.378 e. The van der Waals surface area contributed by atoms with Crippen molar-refractivity contribution in [3.05, 3.63) is 66.0 Å². The number of rotatable bonds is 5. The fraction of sp³-hybridized carbons (Fsp3) is 0.261. The van der Waals surface area contributed by atoms with E-state index in [9.17, 15) is 10.1 Å². The summed E-state index contributed by atoms with van der Waals surface area (Å²) in [6.07, 6.45) is 1.74. The maximum Gasteiger partial charge on any atom is 0.222 e. The van der Waals surface area contributed by atoms with Gasteiger partial charge in [-0.15, -0.1) is 5.10 Å². The number of hydrogen-bond acceptors (Lipinski definition) is 6. The summed E-state index contributed by atoms with van der Waals surface area (Å²) in [7, 11) is 3.88. The second-order valence-electron chi connectivity index (χ2n) is 8.14. The zero-order valence-corrected chi connectivity index (χ0v) is 17.8. The van der Waals surface area contributed by atoms with E-state index in [4.69, 9.17) is 0 Å². The third-order valence-corrected chi connectivity index (χ3v) is 4.62. The summed E-state index contributed by atoms with van der Waals surface area (Å²) in [6, 6.07) is 16.2. The van der Waals surface area contributed by atoms with E-state index in [1.165, 1.54) is 0 Å². The monoisotopic (exact) mass is 400 g/mol. The lowest BCUT2D eigenvalue weighted by atomic mass is 9.92. The van der Waals surface area contributed by atoms with Crippen molar-refractivity contribution in [2.75, 3.05) is 19.0 Å². The number of nitriles is 1. The fourth-order valence-electron chi connectivity index (χ4n) is 2.91. The molecule has 0 N–H and O–H groups in total. The van der Waals surface area contributed by atoms with E-state index in [0.29, 0.717) is 11.3 Å². The lowest BCUT2D eigenvalue weighted by Gasteiger charge is -2.19. The molecule has 0 unspecified atom stereocenters. The molecule has 3 aromatic rings. The van der Waals surface area contributed by atoms with Gasteiger partial charge in [-0.25, -0.2) is 9.67 Å². The Balaban J connectivity index is 1.86. The summed E-state index contributed by atoms with van der Waals surface area (Å²) in [4.78, 5) is 19.0. The van der Waals surface area contributed by atoms with Gasteiger partial charge in [0.2, 0.25) is 5.78 Å². The molecular weight excluding hydrogens is 376 g/mol. The summed E-state index contributed by atoms with van der Waals surface area (Å²) in [5.41, 5.74) is 3.43. The minimum Gasteiger partial charge on any atom is -0.378 e. The normalized spacial score (nSPS) is 11.8. The molecule has 0 aliphatic rings. The summed E-state index contributed by atoms with van der Waals surface area (Å²) in [5.74, 6) is -0.421. The molecular formula is C23H24N6O. The first-order valence-electron chi connectivity index (χ1n) is 9.53. The summed E-state index contributed by atoms with van der Waals surface area (Å²) in [5, 5.41) is 17.6. The van der Waals surface area contributed by atoms with Gasteiger partial charge in [0.25, 0.3) is 0 Å². The van der Waals surface area contributed by atoms with Gasteiger partial charge in [0.1, 0.15) is 6.07 Å². The molecule has 3 rings (SSSR count). The van der Waals surface area contributed by atoms with Crippen molar-refractivity contribution < 1.29 is 4.79 Å². The van der Waals surface area contributed by atoms with E-state index in [2.05, 4.69) is 36.1 Å². The Labute approximate surface area is 176 Å². The quantitative estimate of drug-likeness (QED) is 0.475. The van der Waals surface area contributed by atoms with Gasteiger partial charge in [-0.2, -0.15) is 5.26 Å². The molecule has 0 aliphatic carbocycles. The van der Waals surface area contributed by atoms with Gasteiger partial charge in [0.05, 0.1) is 23.3 Å². The Morgan fingerprint density at radius 2 is 1.70 bits per heavy atom. The first-order chi connectivity index (χ1) is 14.2. The van der Waals surface area contributed by atoms with E-state index >= 15 is 0 Å². The van der Waals surface area contributed by atoms with Crippen LogP contribution in [0, 0.1) is 11.3 Å². The Hall–Kier alpha value is -3.79. The van der Waals surface area contributed by atoms with Gasteiger partial charge in [-0.1, -0.05) is 26.0 Å². The fourth-order valence-corrected chi connectivity index (χ4v) is 2.91.